The topological polar surface area (TPSA) is 82.6 Å². The van der Waals surface area contributed by atoms with E-state index >= 15 is 0 Å². The van der Waals surface area contributed by atoms with Gasteiger partial charge in [-0.3, -0.25) is 9.78 Å². The second-order valence-electron chi connectivity index (χ2n) is 12.6. The Labute approximate surface area is 219 Å². The van der Waals surface area contributed by atoms with Crippen molar-refractivity contribution in [2.45, 2.75) is 97.8 Å². The van der Waals surface area contributed by atoms with E-state index in [4.69, 9.17) is 13.6 Å². The zero-order chi connectivity index (χ0) is 27.5. The number of ether oxygens (including phenoxy) is 1. The summed E-state index contributed by atoms with van der Waals surface area (Å²) in [6, 6.07) is 5.37. The van der Waals surface area contributed by atoms with Crippen LogP contribution in [-0.4, -0.2) is 45.2 Å². The highest BCUT2D eigenvalue weighted by Gasteiger charge is 2.39. The molecule has 0 bridgehead atoms. The first-order valence-electron chi connectivity index (χ1n) is 12.6. The average Bonchev–Trinajstić information content (AvgIpc) is 2.72. The van der Waals surface area contributed by atoms with Crippen LogP contribution in [0, 0.1) is 6.92 Å². The van der Waals surface area contributed by atoms with Gasteiger partial charge < -0.3 is 18.9 Å². The van der Waals surface area contributed by atoms with Crippen LogP contribution in [0.15, 0.2) is 30.6 Å². The first-order chi connectivity index (χ1) is 16.3. The number of aromatic nitrogens is 2. The van der Waals surface area contributed by atoms with Crippen LogP contribution in [-0.2, 0) is 4.43 Å². The Morgan fingerprint density at radius 3 is 2.03 bits per heavy atom. The monoisotopic (exact) mass is 531 g/mol. The molecule has 0 aliphatic heterocycles. The molecule has 1 heterocycles. The first kappa shape index (κ1) is 30.0. The van der Waals surface area contributed by atoms with Gasteiger partial charge in [0.2, 0.25) is 8.32 Å². The highest BCUT2D eigenvalue weighted by atomic mass is 28.4. The molecular weight excluding hydrogens is 486 g/mol. The number of anilines is 1. The fraction of sp³-hybridized carbons (Fsp3) is 0.593. The Morgan fingerprint density at radius 2 is 1.50 bits per heavy atom. The number of benzene rings is 1. The van der Waals surface area contributed by atoms with Gasteiger partial charge in [0.05, 0.1) is 24.7 Å². The van der Waals surface area contributed by atoms with Crippen molar-refractivity contribution < 1.29 is 18.4 Å². The number of rotatable bonds is 9. The number of carbonyl (C=O) groups excluding carboxylic acids is 1. The third-order valence-corrected chi connectivity index (χ3v) is 16.0. The minimum absolute atomic E-state index is 0.00801. The fourth-order valence-corrected chi connectivity index (χ4v) is 4.83. The SMILES string of the molecule is Cc1cnc(NC(=O)c2cc(O[C@@H](C)CO[Si](C)(C)C(C)(C)C)cc(O[Si](C)(C)C(C)(C)C)c2)cn1. The van der Waals surface area contributed by atoms with Gasteiger partial charge in [-0.05, 0) is 62.2 Å². The lowest BCUT2D eigenvalue weighted by molar-refractivity contribution is 0.102. The second-order valence-corrected chi connectivity index (χ2v) is 22.1. The number of carbonyl (C=O) groups is 1. The van der Waals surface area contributed by atoms with Crippen LogP contribution in [0.2, 0.25) is 36.3 Å². The first-order valence-corrected chi connectivity index (χ1v) is 18.4. The summed E-state index contributed by atoms with van der Waals surface area (Å²) < 4.78 is 19.1. The van der Waals surface area contributed by atoms with E-state index in [9.17, 15) is 4.79 Å². The van der Waals surface area contributed by atoms with Gasteiger partial charge in [0.15, 0.2) is 14.1 Å². The maximum absolute atomic E-state index is 13.1. The summed E-state index contributed by atoms with van der Waals surface area (Å²) in [5.74, 6) is 1.28. The van der Waals surface area contributed by atoms with E-state index in [0.717, 1.165) is 5.69 Å². The van der Waals surface area contributed by atoms with E-state index in [2.05, 4.69) is 83.0 Å². The van der Waals surface area contributed by atoms with Crippen LogP contribution in [0.1, 0.15) is 64.5 Å². The maximum Gasteiger partial charge on any atom is 0.257 e. The van der Waals surface area contributed by atoms with Crippen LogP contribution in [0.4, 0.5) is 5.82 Å². The van der Waals surface area contributed by atoms with Gasteiger partial charge in [0, 0.05) is 11.6 Å². The van der Waals surface area contributed by atoms with Crippen molar-refractivity contribution in [2.75, 3.05) is 11.9 Å². The average molecular weight is 532 g/mol. The quantitative estimate of drug-likeness (QED) is 0.344. The van der Waals surface area contributed by atoms with Crippen molar-refractivity contribution in [3.8, 4) is 11.5 Å². The van der Waals surface area contributed by atoms with E-state index < -0.39 is 16.6 Å². The smallest absolute Gasteiger partial charge is 0.257 e. The maximum atomic E-state index is 13.1. The lowest BCUT2D eigenvalue weighted by Crippen LogP contribution is -2.44. The summed E-state index contributed by atoms with van der Waals surface area (Å²) in [4.78, 5) is 21.6. The Bertz CT molecular complexity index is 1040. The lowest BCUT2D eigenvalue weighted by Gasteiger charge is -2.37. The predicted octanol–water partition coefficient (Wildman–Crippen LogP) is 7.21. The summed E-state index contributed by atoms with van der Waals surface area (Å²) in [7, 11) is -4.04. The van der Waals surface area contributed by atoms with Crippen LogP contribution in [0.5, 0.6) is 11.5 Å². The fourth-order valence-electron chi connectivity index (χ4n) is 2.73. The minimum atomic E-state index is -2.14. The number of aryl methyl sites for hydroxylation is 1. The molecule has 0 aliphatic rings. The van der Waals surface area contributed by atoms with Crippen molar-refractivity contribution in [3.05, 3.63) is 41.9 Å². The minimum Gasteiger partial charge on any atom is -0.543 e. The molecular formula is C27H45N3O4Si2. The molecule has 1 N–H and O–H groups in total. The molecule has 2 rings (SSSR count). The Morgan fingerprint density at radius 1 is 0.917 bits per heavy atom. The number of hydrogen-bond acceptors (Lipinski definition) is 6. The molecule has 0 radical (unpaired) electrons. The van der Waals surface area contributed by atoms with Gasteiger partial charge in [0.1, 0.15) is 17.6 Å². The lowest BCUT2D eigenvalue weighted by atomic mass is 10.2. The number of nitrogens with zero attached hydrogens (tertiary/aromatic N) is 2. The van der Waals surface area contributed by atoms with Crippen molar-refractivity contribution in [1.29, 1.82) is 0 Å². The van der Waals surface area contributed by atoms with Crippen LogP contribution >= 0.6 is 0 Å². The molecule has 0 saturated heterocycles. The highest BCUT2D eigenvalue weighted by molar-refractivity contribution is 6.75. The van der Waals surface area contributed by atoms with Crippen molar-refractivity contribution >= 4 is 28.4 Å². The molecule has 0 saturated carbocycles. The summed E-state index contributed by atoms with van der Waals surface area (Å²) in [6.07, 6.45) is 2.97. The molecule has 0 spiro atoms. The Kier molecular flexibility index (Phi) is 9.18. The summed E-state index contributed by atoms with van der Waals surface area (Å²) in [5, 5.41) is 2.94. The molecule has 9 heteroatoms. The summed E-state index contributed by atoms with van der Waals surface area (Å²) in [5.41, 5.74) is 1.21. The molecule has 1 amide bonds. The normalized spacial score (nSPS) is 13.8. The van der Waals surface area contributed by atoms with Crippen molar-refractivity contribution in [1.82, 2.24) is 9.97 Å². The van der Waals surface area contributed by atoms with Crippen LogP contribution in [0.25, 0.3) is 0 Å². The molecule has 7 nitrogen and oxygen atoms in total. The molecule has 1 aromatic carbocycles. The van der Waals surface area contributed by atoms with Gasteiger partial charge in [0.25, 0.3) is 5.91 Å². The van der Waals surface area contributed by atoms with E-state index in [1.165, 1.54) is 0 Å². The third kappa shape index (κ3) is 8.14. The van der Waals surface area contributed by atoms with Gasteiger partial charge in [-0.15, -0.1) is 0 Å². The zero-order valence-corrected chi connectivity index (χ0v) is 26.2. The van der Waals surface area contributed by atoms with E-state index in [0.29, 0.717) is 29.5 Å². The number of amides is 1. The molecule has 0 aliphatic carbocycles. The molecule has 1 aromatic heterocycles. The summed E-state index contributed by atoms with van der Waals surface area (Å²) >= 11 is 0. The van der Waals surface area contributed by atoms with Crippen LogP contribution < -0.4 is 14.5 Å². The number of nitrogens with one attached hydrogen (secondary N) is 1. The highest BCUT2D eigenvalue weighted by Crippen LogP contribution is 2.39. The summed E-state index contributed by atoms with van der Waals surface area (Å²) in [6.45, 7) is 26.3. The van der Waals surface area contributed by atoms with E-state index in [1.807, 2.05) is 19.9 Å². The molecule has 0 fully saturated rings. The molecule has 36 heavy (non-hydrogen) atoms. The Hall–Kier alpha value is -2.24. The molecule has 1 atom stereocenters. The predicted molar refractivity (Wildman–Crippen MR) is 152 cm³/mol. The standard InChI is InChI=1S/C27H45N3O4Si2/c1-19-16-29-24(17-28-19)30-25(31)21-13-22(15-23(14-21)34-36(11,12)27(6,7)8)33-20(2)18-32-35(9,10)26(3,4)5/h13-17,20H,18H2,1-12H3,(H,29,30,31)/t20-/m0/s1. The van der Waals surface area contributed by atoms with Gasteiger partial charge in [-0.25, -0.2) is 4.98 Å². The molecule has 2 aromatic rings. The van der Waals surface area contributed by atoms with Gasteiger partial charge in [-0.2, -0.15) is 0 Å². The van der Waals surface area contributed by atoms with Crippen LogP contribution in [0.3, 0.4) is 0 Å². The Balaban J connectivity index is 2.31. The van der Waals surface area contributed by atoms with Gasteiger partial charge >= 0.3 is 0 Å². The zero-order valence-electron chi connectivity index (χ0n) is 24.2. The molecule has 0 unspecified atom stereocenters. The number of hydrogen-bond donors (Lipinski definition) is 1. The van der Waals surface area contributed by atoms with Gasteiger partial charge in [-0.1, -0.05) is 41.5 Å². The second kappa shape index (κ2) is 11.0. The van der Waals surface area contributed by atoms with E-state index in [1.54, 1.807) is 24.5 Å². The van der Waals surface area contributed by atoms with E-state index in [-0.39, 0.29) is 22.1 Å². The van der Waals surface area contributed by atoms with Crippen molar-refractivity contribution in [3.63, 3.8) is 0 Å². The third-order valence-electron chi connectivity index (χ3n) is 7.17. The van der Waals surface area contributed by atoms with Crippen molar-refractivity contribution in [2.24, 2.45) is 0 Å². The molecule has 200 valence electrons. The largest absolute Gasteiger partial charge is 0.543 e.